The van der Waals surface area contributed by atoms with E-state index in [0.29, 0.717) is 24.7 Å². The van der Waals surface area contributed by atoms with Gasteiger partial charge in [0.05, 0.1) is 0 Å². The van der Waals surface area contributed by atoms with E-state index in [1.54, 1.807) is 0 Å². The Morgan fingerprint density at radius 1 is 1.35 bits per heavy atom. The highest BCUT2D eigenvalue weighted by Gasteiger charge is 2.01. The van der Waals surface area contributed by atoms with Gasteiger partial charge in [-0.25, -0.2) is 4.98 Å². The van der Waals surface area contributed by atoms with Gasteiger partial charge in [0.25, 0.3) is 0 Å². The van der Waals surface area contributed by atoms with E-state index >= 15 is 0 Å². The molecule has 0 saturated carbocycles. The molecular formula is C11H19N5O. The van der Waals surface area contributed by atoms with Crippen LogP contribution in [-0.4, -0.2) is 29.0 Å². The van der Waals surface area contributed by atoms with Gasteiger partial charge >= 0.3 is 0 Å². The summed E-state index contributed by atoms with van der Waals surface area (Å²) in [5.41, 5.74) is 5.93. The van der Waals surface area contributed by atoms with Gasteiger partial charge in [-0.1, -0.05) is 6.92 Å². The van der Waals surface area contributed by atoms with Gasteiger partial charge in [0.15, 0.2) is 0 Å². The molecule has 0 fully saturated rings. The molecule has 0 unspecified atom stereocenters. The van der Waals surface area contributed by atoms with Crippen LogP contribution >= 0.6 is 0 Å². The van der Waals surface area contributed by atoms with Crippen molar-refractivity contribution in [3.63, 3.8) is 0 Å². The predicted octanol–water partition coefficient (Wildman–Crippen LogP) is 0.894. The Bertz CT molecular complexity index is 380. The van der Waals surface area contributed by atoms with E-state index in [9.17, 15) is 4.79 Å². The topological polar surface area (TPSA) is 92.9 Å². The highest BCUT2D eigenvalue weighted by atomic mass is 16.1. The maximum absolute atomic E-state index is 10.6. The number of hydrogen-bond donors (Lipinski definition) is 3. The molecule has 6 heteroatoms. The van der Waals surface area contributed by atoms with E-state index in [1.807, 2.05) is 13.0 Å². The van der Waals surface area contributed by atoms with E-state index in [1.165, 1.54) is 0 Å². The highest BCUT2D eigenvalue weighted by Crippen LogP contribution is 2.09. The number of nitrogens with two attached hydrogens (primary N) is 1. The minimum absolute atomic E-state index is 0.292. The first-order valence-electron chi connectivity index (χ1n) is 5.73. The Hall–Kier alpha value is -1.85. The Morgan fingerprint density at radius 3 is 2.76 bits per heavy atom. The molecule has 1 aromatic rings. The number of carbonyl (C=O) groups is 1. The molecule has 4 N–H and O–H groups in total. The number of aryl methyl sites for hydroxylation is 1. The number of nitrogens with one attached hydrogen (secondary N) is 2. The predicted molar refractivity (Wildman–Crippen MR) is 67.9 cm³/mol. The van der Waals surface area contributed by atoms with E-state index in [-0.39, 0.29) is 5.91 Å². The van der Waals surface area contributed by atoms with Gasteiger partial charge in [-0.15, -0.1) is 0 Å². The molecule has 1 amide bonds. The second-order valence-electron chi connectivity index (χ2n) is 3.79. The zero-order valence-electron chi connectivity index (χ0n) is 10.3. The molecule has 6 nitrogen and oxygen atoms in total. The molecule has 0 aliphatic heterocycles. The zero-order chi connectivity index (χ0) is 12.7. The summed E-state index contributed by atoms with van der Waals surface area (Å²) in [5, 5.41) is 6.16. The lowest BCUT2D eigenvalue weighted by atomic mass is 10.4. The molecule has 0 spiro atoms. The minimum atomic E-state index is -0.326. The average molecular weight is 237 g/mol. The van der Waals surface area contributed by atoms with E-state index in [2.05, 4.69) is 27.5 Å². The van der Waals surface area contributed by atoms with Crippen LogP contribution in [0.2, 0.25) is 0 Å². The largest absolute Gasteiger partial charge is 0.370 e. The number of nitrogens with zero attached hydrogens (tertiary/aromatic N) is 2. The standard InChI is InChI=1S/C11H19N5O/c1-3-5-14-11-15-8(2)7-10(16-11)13-6-4-9(12)17/h7H,3-6H2,1-2H3,(H2,12,17)(H2,13,14,15,16). The van der Waals surface area contributed by atoms with Crippen molar-refractivity contribution in [1.82, 2.24) is 9.97 Å². The summed E-state index contributed by atoms with van der Waals surface area (Å²) >= 11 is 0. The zero-order valence-corrected chi connectivity index (χ0v) is 10.3. The van der Waals surface area contributed by atoms with Gasteiger partial charge in [0.1, 0.15) is 5.82 Å². The van der Waals surface area contributed by atoms with Crippen molar-refractivity contribution in [2.45, 2.75) is 26.7 Å². The SMILES string of the molecule is CCCNc1nc(C)cc(NCCC(N)=O)n1. The maximum atomic E-state index is 10.6. The van der Waals surface area contributed by atoms with Crippen LogP contribution < -0.4 is 16.4 Å². The highest BCUT2D eigenvalue weighted by molar-refractivity contribution is 5.74. The quantitative estimate of drug-likeness (QED) is 0.655. The van der Waals surface area contributed by atoms with Crippen LogP contribution in [-0.2, 0) is 4.79 Å². The number of primary amides is 1. The van der Waals surface area contributed by atoms with Crippen molar-refractivity contribution in [1.29, 1.82) is 0 Å². The van der Waals surface area contributed by atoms with Gasteiger partial charge in [0.2, 0.25) is 11.9 Å². The lowest BCUT2D eigenvalue weighted by Gasteiger charge is -2.08. The van der Waals surface area contributed by atoms with Crippen LogP contribution in [0.25, 0.3) is 0 Å². The Kier molecular flexibility index (Phi) is 5.19. The Morgan fingerprint density at radius 2 is 2.12 bits per heavy atom. The van der Waals surface area contributed by atoms with Crippen molar-refractivity contribution in [3.8, 4) is 0 Å². The third kappa shape index (κ3) is 5.14. The molecule has 1 rings (SSSR count). The number of carbonyl (C=O) groups excluding carboxylic acids is 1. The van der Waals surface area contributed by atoms with Crippen molar-refractivity contribution in [2.24, 2.45) is 5.73 Å². The average Bonchev–Trinajstić information content (AvgIpc) is 2.25. The third-order valence-corrected chi connectivity index (χ3v) is 2.06. The van der Waals surface area contributed by atoms with Crippen molar-refractivity contribution in [3.05, 3.63) is 11.8 Å². The van der Waals surface area contributed by atoms with Crippen LogP contribution in [0.4, 0.5) is 11.8 Å². The van der Waals surface area contributed by atoms with E-state index < -0.39 is 0 Å². The maximum Gasteiger partial charge on any atom is 0.224 e. The van der Waals surface area contributed by atoms with Crippen LogP contribution in [0.1, 0.15) is 25.5 Å². The first-order valence-corrected chi connectivity index (χ1v) is 5.73. The molecule has 0 aromatic carbocycles. The number of anilines is 2. The third-order valence-electron chi connectivity index (χ3n) is 2.06. The molecule has 0 bridgehead atoms. The van der Waals surface area contributed by atoms with Crippen LogP contribution in [0.5, 0.6) is 0 Å². The first kappa shape index (κ1) is 13.2. The van der Waals surface area contributed by atoms with Gasteiger partial charge in [-0.2, -0.15) is 4.98 Å². The van der Waals surface area contributed by atoms with Crippen molar-refractivity contribution in [2.75, 3.05) is 23.7 Å². The molecule has 0 aliphatic carbocycles. The number of amides is 1. The number of aromatic nitrogens is 2. The van der Waals surface area contributed by atoms with Crippen LogP contribution in [0.15, 0.2) is 6.07 Å². The fourth-order valence-electron chi connectivity index (χ4n) is 1.29. The number of hydrogen-bond acceptors (Lipinski definition) is 5. The van der Waals surface area contributed by atoms with Crippen molar-refractivity contribution < 1.29 is 4.79 Å². The Labute approximate surface area is 101 Å². The molecule has 1 heterocycles. The first-order chi connectivity index (χ1) is 8.11. The summed E-state index contributed by atoms with van der Waals surface area (Å²) in [4.78, 5) is 19.1. The normalized spacial score (nSPS) is 10.0. The molecule has 0 atom stereocenters. The van der Waals surface area contributed by atoms with Gasteiger partial charge in [-0.3, -0.25) is 4.79 Å². The number of rotatable bonds is 7. The molecule has 0 saturated heterocycles. The molecule has 0 radical (unpaired) electrons. The molecule has 94 valence electrons. The van der Waals surface area contributed by atoms with Gasteiger partial charge in [0, 0.05) is 31.3 Å². The fraction of sp³-hybridized carbons (Fsp3) is 0.545. The summed E-state index contributed by atoms with van der Waals surface area (Å²) in [6, 6.07) is 1.83. The van der Waals surface area contributed by atoms with Gasteiger partial charge < -0.3 is 16.4 Å². The minimum Gasteiger partial charge on any atom is -0.370 e. The molecule has 17 heavy (non-hydrogen) atoms. The van der Waals surface area contributed by atoms with Crippen LogP contribution in [0.3, 0.4) is 0 Å². The lowest BCUT2D eigenvalue weighted by Crippen LogP contribution is -2.16. The summed E-state index contributed by atoms with van der Waals surface area (Å²) in [6.07, 6.45) is 1.31. The van der Waals surface area contributed by atoms with E-state index in [0.717, 1.165) is 18.7 Å². The van der Waals surface area contributed by atoms with E-state index in [4.69, 9.17) is 5.73 Å². The fourth-order valence-corrected chi connectivity index (χ4v) is 1.29. The summed E-state index contributed by atoms with van der Waals surface area (Å²) in [7, 11) is 0. The lowest BCUT2D eigenvalue weighted by molar-refractivity contribution is -0.117. The van der Waals surface area contributed by atoms with Gasteiger partial charge in [-0.05, 0) is 13.3 Å². The smallest absolute Gasteiger partial charge is 0.224 e. The summed E-state index contributed by atoms with van der Waals surface area (Å²) < 4.78 is 0. The molecule has 0 aliphatic rings. The Balaban J connectivity index is 2.58. The summed E-state index contributed by atoms with van der Waals surface area (Å²) in [5.74, 6) is 0.985. The van der Waals surface area contributed by atoms with Crippen LogP contribution in [0, 0.1) is 6.92 Å². The summed E-state index contributed by atoms with van der Waals surface area (Å²) in [6.45, 7) is 5.30. The molecule has 1 aromatic heterocycles. The van der Waals surface area contributed by atoms with Crippen molar-refractivity contribution >= 4 is 17.7 Å². The second kappa shape index (κ2) is 6.67. The second-order valence-corrected chi connectivity index (χ2v) is 3.79. The monoisotopic (exact) mass is 237 g/mol. The molecular weight excluding hydrogens is 218 g/mol.